The third kappa shape index (κ3) is 3.67. The highest BCUT2D eigenvalue weighted by Gasteiger charge is 2.28. The lowest BCUT2D eigenvalue weighted by atomic mass is 9.98. The Morgan fingerprint density at radius 1 is 1.24 bits per heavy atom. The lowest BCUT2D eigenvalue weighted by Gasteiger charge is -2.23. The van der Waals surface area contributed by atoms with Crippen molar-refractivity contribution >= 4 is 5.91 Å². The van der Waals surface area contributed by atoms with Crippen molar-refractivity contribution < 1.29 is 19.4 Å². The van der Waals surface area contributed by atoms with Crippen LogP contribution < -0.4 is 9.47 Å². The van der Waals surface area contributed by atoms with Crippen LogP contribution in [0.3, 0.4) is 0 Å². The van der Waals surface area contributed by atoms with Crippen LogP contribution in [0.4, 0.5) is 0 Å². The van der Waals surface area contributed by atoms with Crippen LogP contribution in [0.1, 0.15) is 36.5 Å². The van der Waals surface area contributed by atoms with E-state index in [2.05, 4.69) is 0 Å². The summed E-state index contributed by atoms with van der Waals surface area (Å²) in [6.07, 6.45) is 2.12. The number of aliphatic hydroxyl groups is 1. The van der Waals surface area contributed by atoms with Gasteiger partial charge in [0.2, 0.25) is 0 Å². The Bertz CT molecular complexity index is 513. The predicted molar refractivity (Wildman–Crippen MR) is 79.9 cm³/mol. The lowest BCUT2D eigenvalue weighted by Crippen LogP contribution is -2.33. The number of ether oxygens (including phenoxy) is 2. The van der Waals surface area contributed by atoms with Gasteiger partial charge in [-0.15, -0.1) is 0 Å². The Labute approximate surface area is 125 Å². The Morgan fingerprint density at radius 2 is 2.00 bits per heavy atom. The van der Waals surface area contributed by atoms with Crippen molar-refractivity contribution in [2.75, 3.05) is 27.3 Å². The SMILES string of the molecule is COc1ccc(C(=O)N2CCCC(C)(O)CC2)c(OC)c1. The number of carbonyl (C=O) groups is 1. The number of hydrogen-bond donors (Lipinski definition) is 1. The minimum atomic E-state index is -0.682. The molecule has 0 saturated carbocycles. The van der Waals surface area contributed by atoms with Gasteiger partial charge in [-0.1, -0.05) is 0 Å². The molecule has 1 aromatic rings. The molecule has 1 amide bonds. The van der Waals surface area contributed by atoms with Crippen LogP contribution in [0.5, 0.6) is 11.5 Å². The van der Waals surface area contributed by atoms with Crippen molar-refractivity contribution in [2.45, 2.75) is 31.8 Å². The van der Waals surface area contributed by atoms with E-state index in [0.717, 1.165) is 12.8 Å². The van der Waals surface area contributed by atoms with Gasteiger partial charge in [-0.3, -0.25) is 4.79 Å². The molecule has 5 nitrogen and oxygen atoms in total. The molecule has 0 aromatic heterocycles. The van der Waals surface area contributed by atoms with Crippen molar-refractivity contribution in [3.8, 4) is 11.5 Å². The maximum Gasteiger partial charge on any atom is 0.257 e. The van der Waals surface area contributed by atoms with E-state index in [1.165, 1.54) is 0 Å². The molecule has 1 aliphatic heterocycles. The molecule has 21 heavy (non-hydrogen) atoms. The van der Waals surface area contributed by atoms with E-state index in [1.807, 2.05) is 6.92 Å². The van der Waals surface area contributed by atoms with Crippen molar-refractivity contribution in [3.05, 3.63) is 23.8 Å². The van der Waals surface area contributed by atoms with Crippen LogP contribution in [-0.2, 0) is 0 Å². The first kappa shape index (κ1) is 15.6. The molecular formula is C16H23NO4. The fourth-order valence-electron chi connectivity index (χ4n) is 2.61. The topological polar surface area (TPSA) is 59.0 Å². The van der Waals surface area contributed by atoms with Gasteiger partial charge < -0.3 is 19.5 Å². The van der Waals surface area contributed by atoms with E-state index in [-0.39, 0.29) is 5.91 Å². The van der Waals surface area contributed by atoms with Crippen LogP contribution in [0.2, 0.25) is 0 Å². The highest BCUT2D eigenvalue weighted by atomic mass is 16.5. The number of amides is 1. The van der Waals surface area contributed by atoms with Gasteiger partial charge >= 0.3 is 0 Å². The third-order valence-electron chi connectivity index (χ3n) is 3.99. The third-order valence-corrected chi connectivity index (χ3v) is 3.99. The van der Waals surface area contributed by atoms with Crippen LogP contribution in [0, 0.1) is 0 Å². The Kier molecular flexibility index (Phi) is 4.73. The molecule has 1 N–H and O–H groups in total. The Balaban J connectivity index is 2.19. The first-order chi connectivity index (χ1) is 9.96. The zero-order valence-electron chi connectivity index (χ0n) is 12.9. The summed E-state index contributed by atoms with van der Waals surface area (Å²) in [7, 11) is 3.12. The fourth-order valence-corrected chi connectivity index (χ4v) is 2.61. The quantitative estimate of drug-likeness (QED) is 0.927. The van der Waals surface area contributed by atoms with Gasteiger partial charge in [0.15, 0.2) is 0 Å². The Hall–Kier alpha value is -1.75. The second kappa shape index (κ2) is 6.35. The summed E-state index contributed by atoms with van der Waals surface area (Å²) in [4.78, 5) is 14.4. The van der Waals surface area contributed by atoms with Gasteiger partial charge in [0.25, 0.3) is 5.91 Å². The van der Waals surface area contributed by atoms with E-state index >= 15 is 0 Å². The normalized spacial score (nSPS) is 22.6. The van der Waals surface area contributed by atoms with E-state index in [4.69, 9.17) is 9.47 Å². The van der Waals surface area contributed by atoms with Gasteiger partial charge in [0.05, 0.1) is 25.4 Å². The average molecular weight is 293 g/mol. The first-order valence-electron chi connectivity index (χ1n) is 7.20. The number of benzene rings is 1. The number of nitrogens with zero attached hydrogens (tertiary/aromatic N) is 1. The van der Waals surface area contributed by atoms with Crippen molar-refractivity contribution in [2.24, 2.45) is 0 Å². The molecular weight excluding hydrogens is 270 g/mol. The molecule has 0 bridgehead atoms. The highest BCUT2D eigenvalue weighted by Crippen LogP contribution is 2.28. The predicted octanol–water partition coefficient (Wildman–Crippen LogP) is 2.08. The molecule has 1 atom stereocenters. The Morgan fingerprint density at radius 3 is 2.67 bits per heavy atom. The zero-order valence-corrected chi connectivity index (χ0v) is 12.9. The summed E-state index contributed by atoms with van der Waals surface area (Å²) >= 11 is 0. The van der Waals surface area contributed by atoms with Gasteiger partial charge in [-0.2, -0.15) is 0 Å². The van der Waals surface area contributed by atoms with E-state index in [0.29, 0.717) is 36.6 Å². The molecule has 0 radical (unpaired) electrons. The molecule has 1 saturated heterocycles. The molecule has 1 fully saturated rings. The summed E-state index contributed by atoms with van der Waals surface area (Å²) in [5.74, 6) is 1.10. The van der Waals surface area contributed by atoms with Gasteiger partial charge in [-0.25, -0.2) is 0 Å². The van der Waals surface area contributed by atoms with E-state index in [1.54, 1.807) is 37.3 Å². The standard InChI is InChI=1S/C16H23NO4/c1-16(19)7-4-9-17(10-8-16)15(18)13-6-5-12(20-2)11-14(13)21-3/h5-6,11,19H,4,7-10H2,1-3H3. The second-order valence-corrected chi connectivity index (χ2v) is 5.71. The maximum absolute atomic E-state index is 12.7. The monoisotopic (exact) mass is 293 g/mol. The maximum atomic E-state index is 12.7. The summed E-state index contributed by atoms with van der Waals surface area (Å²) in [6.45, 7) is 3.04. The average Bonchev–Trinajstić information content (AvgIpc) is 2.66. The molecule has 1 aromatic carbocycles. The number of rotatable bonds is 3. The van der Waals surface area contributed by atoms with Crippen LogP contribution >= 0.6 is 0 Å². The fraction of sp³-hybridized carbons (Fsp3) is 0.562. The smallest absolute Gasteiger partial charge is 0.257 e. The highest BCUT2D eigenvalue weighted by molar-refractivity contribution is 5.97. The van der Waals surface area contributed by atoms with Gasteiger partial charge in [-0.05, 0) is 38.3 Å². The summed E-state index contributed by atoms with van der Waals surface area (Å²) < 4.78 is 10.4. The number of hydrogen-bond acceptors (Lipinski definition) is 4. The first-order valence-corrected chi connectivity index (χ1v) is 7.20. The largest absolute Gasteiger partial charge is 0.497 e. The van der Waals surface area contributed by atoms with Gasteiger partial charge in [0, 0.05) is 19.2 Å². The molecule has 1 unspecified atom stereocenters. The number of likely N-dealkylation sites (tertiary alicyclic amines) is 1. The van der Waals surface area contributed by atoms with Gasteiger partial charge in [0.1, 0.15) is 11.5 Å². The molecule has 2 rings (SSSR count). The zero-order chi connectivity index (χ0) is 15.5. The molecule has 5 heteroatoms. The summed E-state index contributed by atoms with van der Waals surface area (Å²) in [5.41, 5.74) is -0.154. The van der Waals surface area contributed by atoms with Crippen molar-refractivity contribution in [1.82, 2.24) is 4.90 Å². The molecule has 1 aliphatic rings. The minimum absolute atomic E-state index is 0.0628. The van der Waals surface area contributed by atoms with Crippen LogP contribution in [0.25, 0.3) is 0 Å². The van der Waals surface area contributed by atoms with Crippen molar-refractivity contribution in [3.63, 3.8) is 0 Å². The molecule has 1 heterocycles. The van der Waals surface area contributed by atoms with Crippen LogP contribution in [-0.4, -0.2) is 48.8 Å². The number of methoxy groups -OCH3 is 2. The molecule has 0 aliphatic carbocycles. The number of carbonyl (C=O) groups excluding carboxylic acids is 1. The summed E-state index contributed by atoms with van der Waals surface area (Å²) in [5, 5.41) is 10.1. The second-order valence-electron chi connectivity index (χ2n) is 5.71. The van der Waals surface area contributed by atoms with E-state index < -0.39 is 5.60 Å². The molecule has 116 valence electrons. The van der Waals surface area contributed by atoms with Crippen molar-refractivity contribution in [1.29, 1.82) is 0 Å². The lowest BCUT2D eigenvalue weighted by molar-refractivity contribution is 0.0437. The van der Waals surface area contributed by atoms with E-state index in [9.17, 15) is 9.90 Å². The summed E-state index contributed by atoms with van der Waals surface area (Å²) in [6, 6.07) is 5.19. The minimum Gasteiger partial charge on any atom is -0.497 e. The van der Waals surface area contributed by atoms with Crippen LogP contribution in [0.15, 0.2) is 18.2 Å². The molecule has 0 spiro atoms.